The van der Waals surface area contributed by atoms with Gasteiger partial charge in [-0.2, -0.15) is 18.3 Å². The quantitative estimate of drug-likeness (QED) is 0.754. The highest BCUT2D eigenvalue weighted by Gasteiger charge is 2.30. The summed E-state index contributed by atoms with van der Waals surface area (Å²) in [7, 11) is 0. The first kappa shape index (κ1) is 17.2. The van der Waals surface area contributed by atoms with Crippen LogP contribution in [0.15, 0.2) is 35.8 Å². The third-order valence-electron chi connectivity index (χ3n) is 3.66. The van der Waals surface area contributed by atoms with Gasteiger partial charge in [-0.3, -0.25) is 4.68 Å². The summed E-state index contributed by atoms with van der Waals surface area (Å²) in [6.45, 7) is 1.89. The minimum absolute atomic E-state index is 0.106. The smallest absolute Gasteiger partial charge is 0.416 e. The summed E-state index contributed by atoms with van der Waals surface area (Å²) in [5.74, 6) is -1.06. The molecule has 9 heteroatoms. The summed E-state index contributed by atoms with van der Waals surface area (Å²) in [5, 5.41) is 15.3. The number of alkyl halides is 3. The molecule has 0 amide bonds. The number of rotatable bonds is 4. The molecular weight excluding hydrogens is 355 g/mol. The minimum atomic E-state index is -4.41. The van der Waals surface area contributed by atoms with E-state index in [-0.39, 0.29) is 12.1 Å². The molecule has 0 aliphatic carbocycles. The highest BCUT2D eigenvalue weighted by Crippen LogP contribution is 2.32. The lowest BCUT2D eigenvalue weighted by Gasteiger charge is -2.07. The Balaban J connectivity index is 1.85. The molecule has 5 nitrogen and oxygen atoms in total. The van der Waals surface area contributed by atoms with Gasteiger partial charge in [-0.1, -0.05) is 12.1 Å². The zero-order chi connectivity index (χ0) is 18.2. The predicted octanol–water partition coefficient (Wildman–Crippen LogP) is 4.08. The second-order valence-electron chi connectivity index (χ2n) is 5.31. The van der Waals surface area contributed by atoms with Gasteiger partial charge in [-0.15, -0.1) is 11.3 Å². The molecule has 0 aliphatic rings. The van der Waals surface area contributed by atoms with Crippen LogP contribution in [0.25, 0.3) is 11.3 Å². The van der Waals surface area contributed by atoms with E-state index in [0.717, 1.165) is 12.1 Å². The van der Waals surface area contributed by atoms with Gasteiger partial charge >= 0.3 is 12.1 Å². The van der Waals surface area contributed by atoms with Crippen LogP contribution in [0, 0.1) is 6.92 Å². The van der Waals surface area contributed by atoms with Gasteiger partial charge < -0.3 is 5.11 Å². The maximum Gasteiger partial charge on any atom is 0.416 e. The molecule has 0 radical (unpaired) electrons. The van der Waals surface area contributed by atoms with Crippen molar-refractivity contribution in [3.8, 4) is 11.3 Å². The van der Waals surface area contributed by atoms with Gasteiger partial charge in [0.25, 0.3) is 0 Å². The number of hydrogen-bond donors (Lipinski definition) is 1. The van der Waals surface area contributed by atoms with E-state index in [1.54, 1.807) is 18.4 Å². The Morgan fingerprint density at radius 3 is 2.76 bits per heavy atom. The summed E-state index contributed by atoms with van der Waals surface area (Å²) < 4.78 is 39.9. The van der Waals surface area contributed by atoms with Crippen LogP contribution in [0.2, 0.25) is 0 Å². The Morgan fingerprint density at radius 1 is 1.36 bits per heavy atom. The van der Waals surface area contributed by atoms with Crippen molar-refractivity contribution in [3.63, 3.8) is 0 Å². The zero-order valence-electron chi connectivity index (χ0n) is 12.9. The second kappa shape index (κ2) is 6.32. The van der Waals surface area contributed by atoms with Crippen LogP contribution in [0.4, 0.5) is 13.2 Å². The molecule has 2 heterocycles. The largest absolute Gasteiger partial charge is 0.478 e. The van der Waals surface area contributed by atoms with Crippen LogP contribution in [-0.4, -0.2) is 25.8 Å². The van der Waals surface area contributed by atoms with Gasteiger partial charge in [0.2, 0.25) is 0 Å². The zero-order valence-corrected chi connectivity index (χ0v) is 13.7. The molecule has 0 aliphatic heterocycles. The lowest BCUT2D eigenvalue weighted by molar-refractivity contribution is -0.137. The Hall–Kier alpha value is -2.68. The van der Waals surface area contributed by atoms with Crippen LogP contribution in [0.1, 0.15) is 26.6 Å². The molecule has 1 aromatic carbocycles. The van der Waals surface area contributed by atoms with Crippen molar-refractivity contribution >= 4 is 17.3 Å². The van der Waals surface area contributed by atoms with Crippen molar-refractivity contribution in [2.75, 3.05) is 0 Å². The lowest BCUT2D eigenvalue weighted by Crippen LogP contribution is -2.06. The Kier molecular flexibility index (Phi) is 4.34. The van der Waals surface area contributed by atoms with Crippen molar-refractivity contribution in [1.29, 1.82) is 0 Å². The predicted molar refractivity (Wildman–Crippen MR) is 85.6 cm³/mol. The average molecular weight is 367 g/mol. The molecule has 0 fully saturated rings. The molecule has 25 heavy (non-hydrogen) atoms. The van der Waals surface area contributed by atoms with Crippen LogP contribution in [0.3, 0.4) is 0 Å². The second-order valence-corrected chi connectivity index (χ2v) is 6.25. The number of carboxylic acids is 1. The molecule has 1 N–H and O–H groups in total. The summed E-state index contributed by atoms with van der Waals surface area (Å²) in [4.78, 5) is 15.4. The fraction of sp³-hybridized carbons (Fsp3) is 0.188. The van der Waals surface area contributed by atoms with Crippen LogP contribution in [-0.2, 0) is 12.7 Å². The first-order valence-corrected chi connectivity index (χ1v) is 8.01. The number of aromatic carboxylic acids is 1. The van der Waals surface area contributed by atoms with Crippen molar-refractivity contribution in [3.05, 3.63) is 57.7 Å². The summed E-state index contributed by atoms with van der Waals surface area (Å²) in [5.41, 5.74) is 0.682. The highest BCUT2D eigenvalue weighted by molar-refractivity contribution is 7.09. The highest BCUT2D eigenvalue weighted by atomic mass is 32.1. The molecule has 2 aromatic heterocycles. The van der Waals surface area contributed by atoms with Crippen molar-refractivity contribution in [1.82, 2.24) is 14.8 Å². The van der Waals surface area contributed by atoms with Crippen LogP contribution in [0.5, 0.6) is 0 Å². The number of carbonyl (C=O) groups is 1. The molecule has 0 saturated carbocycles. The van der Waals surface area contributed by atoms with Gasteiger partial charge in [-0.05, 0) is 19.1 Å². The number of aromatic nitrogens is 3. The standard InChI is InChI=1S/C16H12F3N3O2S/c1-9-12(15(23)24)6-20-22(9)7-14-21-13(8-25-14)10-3-2-4-11(5-10)16(17,18)19/h2-6,8H,7H2,1H3,(H,23,24). The van der Waals surface area contributed by atoms with E-state index in [0.29, 0.717) is 22.0 Å². The van der Waals surface area contributed by atoms with Crippen LogP contribution < -0.4 is 0 Å². The van der Waals surface area contributed by atoms with Crippen molar-refractivity contribution in [2.24, 2.45) is 0 Å². The fourth-order valence-corrected chi connectivity index (χ4v) is 3.10. The van der Waals surface area contributed by atoms with E-state index in [9.17, 15) is 18.0 Å². The monoisotopic (exact) mass is 367 g/mol. The fourth-order valence-electron chi connectivity index (χ4n) is 2.31. The van der Waals surface area contributed by atoms with Crippen molar-refractivity contribution in [2.45, 2.75) is 19.6 Å². The molecule has 0 unspecified atom stereocenters. The van der Waals surface area contributed by atoms with E-state index in [1.165, 1.54) is 28.3 Å². The maximum atomic E-state index is 12.8. The Morgan fingerprint density at radius 2 is 2.12 bits per heavy atom. The van der Waals surface area contributed by atoms with Gasteiger partial charge in [0, 0.05) is 10.9 Å². The molecular formula is C16H12F3N3O2S. The SMILES string of the molecule is Cc1c(C(=O)O)cnn1Cc1nc(-c2cccc(C(F)(F)F)c2)cs1. The topological polar surface area (TPSA) is 68.0 Å². The number of benzene rings is 1. The Labute approximate surface area is 144 Å². The van der Waals surface area contributed by atoms with Crippen LogP contribution >= 0.6 is 11.3 Å². The molecule has 3 aromatic rings. The molecule has 130 valence electrons. The molecule has 0 spiro atoms. The lowest BCUT2D eigenvalue weighted by atomic mass is 10.1. The van der Waals surface area contributed by atoms with E-state index < -0.39 is 17.7 Å². The Bertz CT molecular complexity index is 931. The summed E-state index contributed by atoms with van der Waals surface area (Å²) in [6, 6.07) is 4.97. The molecule has 0 saturated heterocycles. The number of halogens is 3. The first-order chi connectivity index (χ1) is 11.8. The number of nitrogens with zero attached hydrogens (tertiary/aromatic N) is 3. The average Bonchev–Trinajstić information content (AvgIpc) is 3.15. The number of carboxylic acid groups (broad SMARTS) is 1. The summed E-state index contributed by atoms with van der Waals surface area (Å²) >= 11 is 1.28. The van der Waals surface area contributed by atoms with Crippen molar-refractivity contribution < 1.29 is 23.1 Å². The number of hydrogen-bond acceptors (Lipinski definition) is 4. The maximum absolute atomic E-state index is 12.8. The van der Waals surface area contributed by atoms with Gasteiger partial charge in [-0.25, -0.2) is 9.78 Å². The van der Waals surface area contributed by atoms with E-state index in [2.05, 4.69) is 10.1 Å². The minimum Gasteiger partial charge on any atom is -0.478 e. The third-order valence-corrected chi connectivity index (χ3v) is 4.49. The molecule has 0 bridgehead atoms. The third kappa shape index (κ3) is 3.55. The van der Waals surface area contributed by atoms with Gasteiger partial charge in [0.15, 0.2) is 0 Å². The molecule has 0 atom stereocenters. The number of thiazole rings is 1. The molecule has 3 rings (SSSR count). The van der Waals surface area contributed by atoms with E-state index >= 15 is 0 Å². The van der Waals surface area contributed by atoms with E-state index in [4.69, 9.17) is 5.11 Å². The van der Waals surface area contributed by atoms with E-state index in [1.807, 2.05) is 0 Å². The normalized spacial score (nSPS) is 11.7. The van der Waals surface area contributed by atoms with Gasteiger partial charge in [0.05, 0.1) is 29.7 Å². The summed E-state index contributed by atoms with van der Waals surface area (Å²) in [6.07, 6.45) is -3.15. The van der Waals surface area contributed by atoms with Gasteiger partial charge in [0.1, 0.15) is 10.6 Å². The first-order valence-electron chi connectivity index (χ1n) is 7.13.